The summed E-state index contributed by atoms with van der Waals surface area (Å²) in [6.07, 6.45) is 0. The number of rotatable bonds is 5. The van der Waals surface area contributed by atoms with Gasteiger partial charge < -0.3 is 9.47 Å². The number of benzene rings is 2. The summed E-state index contributed by atoms with van der Waals surface area (Å²) in [6.45, 7) is 7.47. The summed E-state index contributed by atoms with van der Waals surface area (Å²) < 4.78 is 11.0. The van der Waals surface area contributed by atoms with E-state index in [2.05, 4.69) is 35.7 Å². The summed E-state index contributed by atoms with van der Waals surface area (Å²) in [6, 6.07) is 16.5. The van der Waals surface area contributed by atoms with Crippen LogP contribution >= 0.6 is 0 Å². The SMILES string of the molecule is C=C(C)C(=O)OCCN1COc2ccc(-c3ccccc3)cc2C1. The summed E-state index contributed by atoms with van der Waals surface area (Å²) in [5, 5.41) is 0. The van der Waals surface area contributed by atoms with E-state index in [0.29, 0.717) is 25.5 Å². The number of nitrogens with zero attached hydrogens (tertiary/aromatic N) is 1. The normalized spacial score (nSPS) is 13.7. The summed E-state index contributed by atoms with van der Waals surface area (Å²) in [5.41, 5.74) is 3.93. The second-order valence-corrected chi connectivity index (χ2v) is 5.93. The minimum Gasteiger partial charge on any atom is -0.478 e. The Balaban J connectivity index is 1.64. The predicted octanol–water partition coefficient (Wildman–Crippen LogP) is 3.62. The van der Waals surface area contributed by atoms with Crippen LogP contribution in [-0.2, 0) is 16.1 Å². The van der Waals surface area contributed by atoms with Crippen LogP contribution in [0.25, 0.3) is 11.1 Å². The first-order chi connectivity index (χ1) is 11.6. The maximum Gasteiger partial charge on any atom is 0.333 e. The highest BCUT2D eigenvalue weighted by Crippen LogP contribution is 2.30. The van der Waals surface area contributed by atoms with E-state index < -0.39 is 0 Å². The smallest absolute Gasteiger partial charge is 0.333 e. The molecular weight excluding hydrogens is 302 g/mol. The van der Waals surface area contributed by atoms with Crippen LogP contribution in [0.3, 0.4) is 0 Å². The van der Waals surface area contributed by atoms with Gasteiger partial charge in [-0.15, -0.1) is 0 Å². The Labute approximate surface area is 142 Å². The molecule has 0 N–H and O–H groups in total. The van der Waals surface area contributed by atoms with Crippen molar-refractivity contribution in [2.45, 2.75) is 13.5 Å². The molecule has 0 saturated heterocycles. The van der Waals surface area contributed by atoms with Crippen molar-refractivity contribution in [3.63, 3.8) is 0 Å². The van der Waals surface area contributed by atoms with Gasteiger partial charge in [0.15, 0.2) is 0 Å². The summed E-state index contributed by atoms with van der Waals surface area (Å²) in [4.78, 5) is 13.5. The minimum atomic E-state index is -0.348. The monoisotopic (exact) mass is 323 g/mol. The lowest BCUT2D eigenvalue weighted by Crippen LogP contribution is -2.35. The second-order valence-electron chi connectivity index (χ2n) is 5.93. The first kappa shape index (κ1) is 16.3. The quantitative estimate of drug-likeness (QED) is 0.622. The van der Waals surface area contributed by atoms with Crippen molar-refractivity contribution in [2.75, 3.05) is 19.9 Å². The van der Waals surface area contributed by atoms with Gasteiger partial charge in [-0.2, -0.15) is 0 Å². The van der Waals surface area contributed by atoms with Crippen LogP contribution in [0.5, 0.6) is 5.75 Å². The molecule has 0 aliphatic carbocycles. The van der Waals surface area contributed by atoms with Crippen LogP contribution in [0.2, 0.25) is 0 Å². The van der Waals surface area contributed by atoms with E-state index in [-0.39, 0.29) is 5.97 Å². The first-order valence-electron chi connectivity index (χ1n) is 7.99. The van der Waals surface area contributed by atoms with Gasteiger partial charge in [0.1, 0.15) is 19.1 Å². The van der Waals surface area contributed by atoms with Crippen molar-refractivity contribution in [1.29, 1.82) is 0 Å². The van der Waals surface area contributed by atoms with Crippen LogP contribution in [0, 0.1) is 0 Å². The Bertz CT molecular complexity index is 740. The van der Waals surface area contributed by atoms with Crippen molar-refractivity contribution in [3.8, 4) is 16.9 Å². The van der Waals surface area contributed by atoms with Crippen LogP contribution < -0.4 is 4.74 Å². The van der Waals surface area contributed by atoms with Crippen LogP contribution in [0.1, 0.15) is 12.5 Å². The highest BCUT2D eigenvalue weighted by atomic mass is 16.5. The molecular formula is C20H21NO3. The van der Waals surface area contributed by atoms with Crippen LogP contribution in [0.15, 0.2) is 60.7 Å². The Morgan fingerprint density at radius 1 is 1.21 bits per heavy atom. The fraction of sp³-hybridized carbons (Fsp3) is 0.250. The van der Waals surface area contributed by atoms with Crippen molar-refractivity contribution < 1.29 is 14.3 Å². The molecule has 1 aliphatic heterocycles. The van der Waals surface area contributed by atoms with Gasteiger partial charge in [-0.25, -0.2) is 4.79 Å². The maximum atomic E-state index is 11.4. The lowest BCUT2D eigenvalue weighted by atomic mass is 10.0. The predicted molar refractivity (Wildman–Crippen MR) is 93.6 cm³/mol. The maximum absolute atomic E-state index is 11.4. The molecule has 0 bridgehead atoms. The zero-order valence-corrected chi connectivity index (χ0v) is 13.8. The zero-order chi connectivity index (χ0) is 16.9. The molecule has 0 aromatic heterocycles. The Morgan fingerprint density at radius 3 is 2.75 bits per heavy atom. The first-order valence-corrected chi connectivity index (χ1v) is 7.99. The zero-order valence-electron chi connectivity index (χ0n) is 13.8. The molecule has 0 atom stereocenters. The van der Waals surface area contributed by atoms with Gasteiger partial charge in [-0.3, -0.25) is 4.90 Å². The molecule has 0 spiro atoms. The van der Waals surface area contributed by atoms with Gasteiger partial charge in [0, 0.05) is 24.2 Å². The third-order valence-electron chi connectivity index (χ3n) is 3.95. The van der Waals surface area contributed by atoms with E-state index >= 15 is 0 Å². The largest absolute Gasteiger partial charge is 0.478 e. The summed E-state index contributed by atoms with van der Waals surface area (Å²) >= 11 is 0. The molecule has 2 aromatic carbocycles. The number of ether oxygens (including phenoxy) is 2. The Morgan fingerprint density at radius 2 is 2.00 bits per heavy atom. The van der Waals surface area contributed by atoms with E-state index in [1.165, 1.54) is 11.1 Å². The van der Waals surface area contributed by atoms with E-state index in [1.54, 1.807) is 6.92 Å². The number of fused-ring (bicyclic) bond motifs is 1. The standard InChI is InChI=1S/C20H21NO3/c1-15(2)20(22)23-11-10-21-13-18-12-17(8-9-19(18)24-14-21)16-6-4-3-5-7-16/h3-9,12H,1,10-11,13-14H2,2H3. The van der Waals surface area contributed by atoms with Crippen molar-refractivity contribution >= 4 is 5.97 Å². The average molecular weight is 323 g/mol. The third kappa shape index (κ3) is 3.84. The topological polar surface area (TPSA) is 38.8 Å². The summed E-state index contributed by atoms with van der Waals surface area (Å²) in [5.74, 6) is 0.574. The fourth-order valence-corrected chi connectivity index (χ4v) is 2.64. The molecule has 24 heavy (non-hydrogen) atoms. The Hall–Kier alpha value is -2.59. The molecule has 0 unspecified atom stereocenters. The third-order valence-corrected chi connectivity index (χ3v) is 3.95. The van der Waals surface area contributed by atoms with Gasteiger partial charge in [0.05, 0.1) is 0 Å². The van der Waals surface area contributed by atoms with E-state index in [4.69, 9.17) is 9.47 Å². The molecule has 0 fully saturated rings. The average Bonchev–Trinajstić information content (AvgIpc) is 2.61. The minimum absolute atomic E-state index is 0.336. The van der Waals surface area contributed by atoms with E-state index in [9.17, 15) is 4.79 Å². The molecule has 0 saturated carbocycles. The second kappa shape index (κ2) is 7.32. The van der Waals surface area contributed by atoms with Gasteiger partial charge in [0.2, 0.25) is 0 Å². The molecule has 4 heteroatoms. The van der Waals surface area contributed by atoms with E-state index in [1.807, 2.05) is 24.3 Å². The molecule has 1 aliphatic rings. The fourth-order valence-electron chi connectivity index (χ4n) is 2.64. The van der Waals surface area contributed by atoms with E-state index in [0.717, 1.165) is 17.9 Å². The Kier molecular flexibility index (Phi) is 4.96. The van der Waals surface area contributed by atoms with Crippen molar-refractivity contribution in [2.24, 2.45) is 0 Å². The highest BCUT2D eigenvalue weighted by molar-refractivity contribution is 5.86. The lowest BCUT2D eigenvalue weighted by Gasteiger charge is -2.29. The van der Waals surface area contributed by atoms with Crippen LogP contribution in [-0.4, -0.2) is 30.8 Å². The molecule has 0 radical (unpaired) electrons. The molecule has 3 rings (SSSR count). The number of carbonyl (C=O) groups is 1. The number of esters is 1. The van der Waals surface area contributed by atoms with Gasteiger partial charge in [0.25, 0.3) is 0 Å². The molecule has 4 nitrogen and oxygen atoms in total. The highest BCUT2D eigenvalue weighted by Gasteiger charge is 2.18. The molecule has 124 valence electrons. The van der Waals surface area contributed by atoms with Crippen molar-refractivity contribution in [1.82, 2.24) is 4.90 Å². The molecule has 1 heterocycles. The van der Waals surface area contributed by atoms with Crippen molar-refractivity contribution in [3.05, 3.63) is 66.2 Å². The molecule has 2 aromatic rings. The number of carbonyl (C=O) groups excluding carboxylic acids is 1. The number of hydrogen-bond donors (Lipinski definition) is 0. The summed E-state index contributed by atoms with van der Waals surface area (Å²) in [7, 11) is 0. The lowest BCUT2D eigenvalue weighted by molar-refractivity contribution is -0.139. The molecule has 0 amide bonds. The van der Waals surface area contributed by atoms with Gasteiger partial charge in [-0.05, 0) is 30.2 Å². The number of hydrogen-bond acceptors (Lipinski definition) is 4. The van der Waals surface area contributed by atoms with Gasteiger partial charge >= 0.3 is 5.97 Å². The van der Waals surface area contributed by atoms with Crippen LogP contribution in [0.4, 0.5) is 0 Å². The van der Waals surface area contributed by atoms with Gasteiger partial charge in [-0.1, -0.05) is 43.0 Å².